The van der Waals surface area contributed by atoms with Gasteiger partial charge < -0.3 is 14.8 Å². The van der Waals surface area contributed by atoms with Crippen LogP contribution in [0, 0.1) is 6.92 Å². The van der Waals surface area contributed by atoms with Crippen LogP contribution < -0.4 is 15.0 Å². The summed E-state index contributed by atoms with van der Waals surface area (Å²) in [5, 5.41) is 2.70. The van der Waals surface area contributed by atoms with E-state index in [9.17, 15) is 14.4 Å². The molecule has 0 saturated heterocycles. The molecule has 27 heavy (non-hydrogen) atoms. The summed E-state index contributed by atoms with van der Waals surface area (Å²) < 4.78 is 10.6. The van der Waals surface area contributed by atoms with Crippen LogP contribution in [0.15, 0.2) is 48.5 Å². The van der Waals surface area contributed by atoms with Crippen LogP contribution in [0.3, 0.4) is 0 Å². The number of rotatable bonds is 5. The molecule has 1 atom stereocenters. The molecule has 1 N–H and O–H groups in total. The summed E-state index contributed by atoms with van der Waals surface area (Å²) in [6, 6.07) is 14.2. The lowest BCUT2D eigenvalue weighted by molar-refractivity contribution is -0.154. The minimum absolute atomic E-state index is 0.122. The van der Waals surface area contributed by atoms with E-state index in [1.807, 2.05) is 19.1 Å². The minimum atomic E-state index is -0.864. The van der Waals surface area contributed by atoms with Crippen molar-refractivity contribution in [3.63, 3.8) is 0 Å². The predicted octanol–water partition coefficient (Wildman–Crippen LogP) is 2.29. The third-order valence-corrected chi connectivity index (χ3v) is 4.04. The van der Waals surface area contributed by atoms with Gasteiger partial charge in [0.2, 0.25) is 5.91 Å². The SMILES string of the molecule is Cc1cccc(O[C@@H](C)C(=O)OCC(=O)N2CC(=O)Nc3ccccc32)c1. The van der Waals surface area contributed by atoms with Crippen molar-refractivity contribution in [3.05, 3.63) is 54.1 Å². The molecular weight excluding hydrogens is 348 g/mol. The third kappa shape index (κ3) is 4.44. The second-order valence-corrected chi connectivity index (χ2v) is 6.23. The molecule has 1 aliphatic rings. The Bertz CT molecular complexity index is 880. The maximum Gasteiger partial charge on any atom is 0.347 e. The lowest BCUT2D eigenvalue weighted by atomic mass is 10.2. The number of para-hydroxylation sites is 2. The summed E-state index contributed by atoms with van der Waals surface area (Å²) in [7, 11) is 0. The number of ether oxygens (including phenoxy) is 2. The lowest BCUT2D eigenvalue weighted by Gasteiger charge is -2.29. The van der Waals surface area contributed by atoms with Gasteiger partial charge in [-0.3, -0.25) is 14.5 Å². The van der Waals surface area contributed by atoms with E-state index in [1.165, 1.54) is 4.90 Å². The fraction of sp³-hybridized carbons (Fsp3) is 0.250. The normalized spacial score (nSPS) is 14.0. The first-order valence-corrected chi connectivity index (χ1v) is 8.53. The molecule has 1 aliphatic heterocycles. The molecule has 140 valence electrons. The van der Waals surface area contributed by atoms with Gasteiger partial charge in [0, 0.05) is 0 Å². The molecule has 0 spiro atoms. The molecule has 0 unspecified atom stereocenters. The fourth-order valence-corrected chi connectivity index (χ4v) is 2.72. The highest BCUT2D eigenvalue weighted by Crippen LogP contribution is 2.28. The van der Waals surface area contributed by atoms with Crippen molar-refractivity contribution in [1.82, 2.24) is 0 Å². The predicted molar refractivity (Wildman–Crippen MR) is 99.7 cm³/mol. The summed E-state index contributed by atoms with van der Waals surface area (Å²) in [5.74, 6) is -0.884. The highest BCUT2D eigenvalue weighted by molar-refractivity contribution is 6.10. The number of anilines is 2. The van der Waals surface area contributed by atoms with Crippen molar-refractivity contribution >= 4 is 29.2 Å². The molecule has 1 heterocycles. The Balaban J connectivity index is 1.59. The number of carbonyl (C=O) groups is 3. The molecule has 0 aromatic heterocycles. The van der Waals surface area contributed by atoms with Crippen molar-refractivity contribution in [2.75, 3.05) is 23.4 Å². The Morgan fingerprint density at radius 2 is 1.96 bits per heavy atom. The number of nitrogens with one attached hydrogen (secondary N) is 1. The van der Waals surface area contributed by atoms with Gasteiger partial charge in [-0.25, -0.2) is 4.79 Å². The zero-order chi connectivity index (χ0) is 19.4. The van der Waals surface area contributed by atoms with Gasteiger partial charge in [-0.05, 0) is 43.7 Å². The van der Waals surface area contributed by atoms with Crippen molar-refractivity contribution in [1.29, 1.82) is 0 Å². The molecule has 0 aliphatic carbocycles. The van der Waals surface area contributed by atoms with Crippen LogP contribution in [0.1, 0.15) is 12.5 Å². The monoisotopic (exact) mass is 368 g/mol. The van der Waals surface area contributed by atoms with E-state index in [2.05, 4.69) is 5.32 Å². The topological polar surface area (TPSA) is 84.9 Å². The zero-order valence-electron chi connectivity index (χ0n) is 15.1. The van der Waals surface area contributed by atoms with Crippen LogP contribution in [0.25, 0.3) is 0 Å². The van der Waals surface area contributed by atoms with E-state index in [1.54, 1.807) is 43.3 Å². The Morgan fingerprint density at radius 3 is 2.74 bits per heavy atom. The van der Waals surface area contributed by atoms with Gasteiger partial charge in [-0.1, -0.05) is 24.3 Å². The van der Waals surface area contributed by atoms with E-state index in [0.29, 0.717) is 17.1 Å². The van der Waals surface area contributed by atoms with Gasteiger partial charge in [0.1, 0.15) is 12.3 Å². The molecule has 0 saturated carbocycles. The summed E-state index contributed by atoms with van der Waals surface area (Å²) in [5.41, 5.74) is 2.12. The molecule has 2 aromatic carbocycles. The maximum atomic E-state index is 12.5. The van der Waals surface area contributed by atoms with Crippen molar-refractivity contribution in [3.8, 4) is 5.75 Å². The minimum Gasteiger partial charge on any atom is -0.479 e. The van der Waals surface area contributed by atoms with E-state index >= 15 is 0 Å². The number of hydrogen-bond acceptors (Lipinski definition) is 5. The van der Waals surface area contributed by atoms with E-state index in [4.69, 9.17) is 9.47 Å². The smallest absolute Gasteiger partial charge is 0.347 e. The molecule has 3 rings (SSSR count). The van der Waals surface area contributed by atoms with Crippen LogP contribution in [-0.2, 0) is 19.1 Å². The van der Waals surface area contributed by atoms with Crippen LogP contribution >= 0.6 is 0 Å². The Kier molecular flexibility index (Phi) is 5.40. The summed E-state index contributed by atoms with van der Waals surface area (Å²) >= 11 is 0. The zero-order valence-corrected chi connectivity index (χ0v) is 15.1. The summed E-state index contributed by atoms with van der Waals surface area (Å²) in [6.07, 6.45) is -0.864. The van der Waals surface area contributed by atoms with Gasteiger partial charge in [0.15, 0.2) is 12.7 Å². The largest absolute Gasteiger partial charge is 0.479 e. The standard InChI is InChI=1S/C20H20N2O5/c1-13-6-5-7-15(10-13)27-14(2)20(25)26-12-19(24)22-11-18(23)21-16-8-3-4-9-17(16)22/h3-10,14H,11-12H2,1-2H3,(H,21,23)/t14-/m0/s1. The maximum absolute atomic E-state index is 12.5. The Hall–Kier alpha value is -3.35. The number of amides is 2. The fourth-order valence-electron chi connectivity index (χ4n) is 2.72. The van der Waals surface area contributed by atoms with Crippen molar-refractivity contribution < 1.29 is 23.9 Å². The average Bonchev–Trinajstić information content (AvgIpc) is 2.65. The van der Waals surface area contributed by atoms with Crippen LogP contribution in [0.4, 0.5) is 11.4 Å². The van der Waals surface area contributed by atoms with E-state index in [0.717, 1.165) is 5.56 Å². The van der Waals surface area contributed by atoms with E-state index in [-0.39, 0.29) is 12.5 Å². The first kappa shape index (κ1) is 18.4. The van der Waals surface area contributed by atoms with Gasteiger partial charge in [-0.2, -0.15) is 0 Å². The molecule has 0 bridgehead atoms. The van der Waals surface area contributed by atoms with Gasteiger partial charge in [0.05, 0.1) is 11.4 Å². The highest BCUT2D eigenvalue weighted by Gasteiger charge is 2.28. The average molecular weight is 368 g/mol. The second-order valence-electron chi connectivity index (χ2n) is 6.23. The molecular formula is C20H20N2O5. The second kappa shape index (κ2) is 7.90. The number of aryl methyl sites for hydroxylation is 1. The molecule has 0 fully saturated rings. The van der Waals surface area contributed by atoms with Crippen molar-refractivity contribution in [2.45, 2.75) is 20.0 Å². The third-order valence-electron chi connectivity index (χ3n) is 4.04. The summed E-state index contributed by atoms with van der Waals surface area (Å²) in [6.45, 7) is 2.88. The molecule has 7 nitrogen and oxygen atoms in total. The molecule has 0 radical (unpaired) electrons. The Morgan fingerprint density at radius 1 is 1.19 bits per heavy atom. The number of fused-ring (bicyclic) bond motifs is 1. The molecule has 2 aromatic rings. The van der Waals surface area contributed by atoms with Gasteiger partial charge in [-0.15, -0.1) is 0 Å². The lowest BCUT2D eigenvalue weighted by Crippen LogP contribution is -2.44. The first-order chi connectivity index (χ1) is 12.9. The Labute approximate surface area is 156 Å². The van der Waals surface area contributed by atoms with Gasteiger partial charge >= 0.3 is 5.97 Å². The van der Waals surface area contributed by atoms with Crippen LogP contribution in [-0.4, -0.2) is 37.0 Å². The number of benzene rings is 2. The van der Waals surface area contributed by atoms with Crippen LogP contribution in [0.2, 0.25) is 0 Å². The molecule has 2 amide bonds. The highest BCUT2D eigenvalue weighted by atomic mass is 16.6. The number of esters is 1. The first-order valence-electron chi connectivity index (χ1n) is 8.53. The number of nitrogens with zero attached hydrogens (tertiary/aromatic N) is 1. The van der Waals surface area contributed by atoms with Crippen molar-refractivity contribution in [2.24, 2.45) is 0 Å². The summed E-state index contributed by atoms with van der Waals surface area (Å²) in [4.78, 5) is 37.7. The quantitative estimate of drug-likeness (QED) is 0.819. The number of hydrogen-bond donors (Lipinski definition) is 1. The van der Waals surface area contributed by atoms with E-state index < -0.39 is 24.6 Å². The van der Waals surface area contributed by atoms with Gasteiger partial charge in [0.25, 0.3) is 5.91 Å². The molecule has 7 heteroatoms. The van der Waals surface area contributed by atoms with Crippen LogP contribution in [0.5, 0.6) is 5.75 Å². The number of carbonyl (C=O) groups excluding carboxylic acids is 3.